The lowest BCUT2D eigenvalue weighted by Gasteiger charge is -2.68. The Labute approximate surface area is 378 Å². The molecule has 10 aliphatic carbocycles. The molecule has 0 radical (unpaired) electrons. The van der Waals surface area contributed by atoms with Crippen LogP contribution in [-0.2, 0) is 28.8 Å². The van der Waals surface area contributed by atoms with Crippen molar-refractivity contribution in [1.82, 2.24) is 0 Å². The number of anilines is 2. The SMILES string of the molecule is CC(C)C1=CC23CCC4C(C)(C(=O)O)CCCC4(C)C2CC1C1C(=O)N(c2ccc(N4C(=O)C5C6CC7C8(C)CCCC(C)(C(=O)O)C8CCC7(C=C6C(C)C)C5C4=O)cc2)C(=O)C13. The van der Waals surface area contributed by atoms with E-state index in [0.717, 1.165) is 38.5 Å². The average Bonchev–Trinajstić information content (AvgIpc) is 3.69. The van der Waals surface area contributed by atoms with Crippen LogP contribution >= 0.6 is 0 Å². The molecule has 2 aliphatic heterocycles. The molecule has 4 bridgehead atoms. The van der Waals surface area contributed by atoms with Crippen molar-refractivity contribution in [3.05, 3.63) is 47.6 Å². The molecule has 2 spiro atoms. The first-order valence-corrected chi connectivity index (χ1v) is 24.9. The van der Waals surface area contributed by atoms with Gasteiger partial charge in [-0.15, -0.1) is 0 Å². The minimum absolute atomic E-state index is 0.00203. The second-order valence-electron chi connectivity index (χ2n) is 24.5. The Kier molecular flexibility index (Phi) is 8.84. The molecule has 0 aromatic heterocycles. The van der Waals surface area contributed by atoms with Crippen molar-refractivity contribution < 1.29 is 39.0 Å². The highest BCUT2D eigenvalue weighted by Gasteiger charge is 2.75. The van der Waals surface area contributed by atoms with E-state index in [2.05, 4.69) is 53.7 Å². The maximum atomic E-state index is 15.1. The predicted molar refractivity (Wildman–Crippen MR) is 240 cm³/mol. The zero-order valence-corrected chi connectivity index (χ0v) is 39.1. The van der Waals surface area contributed by atoms with Crippen molar-refractivity contribution in [3.8, 4) is 0 Å². The zero-order chi connectivity index (χ0) is 45.6. The van der Waals surface area contributed by atoms with Crippen molar-refractivity contribution in [2.45, 2.75) is 132 Å². The van der Waals surface area contributed by atoms with Gasteiger partial charge in [0, 0.05) is 10.8 Å². The fraction of sp³-hybridized carbons (Fsp3) is 0.704. The number of benzene rings is 1. The number of aliphatic carboxylic acids is 2. The average molecular weight is 873 g/mol. The number of carboxylic acids is 2. The minimum atomic E-state index is -0.820. The number of carbonyl (C=O) groups is 6. The second-order valence-corrected chi connectivity index (χ2v) is 24.5. The Morgan fingerprint density at radius 1 is 0.547 bits per heavy atom. The number of amides is 4. The first-order chi connectivity index (χ1) is 30.1. The van der Waals surface area contributed by atoms with Gasteiger partial charge in [0.25, 0.3) is 0 Å². The third-order valence-corrected chi connectivity index (χ3v) is 21.7. The summed E-state index contributed by atoms with van der Waals surface area (Å²) in [5.41, 5.74) is 0.169. The minimum Gasteiger partial charge on any atom is -0.481 e. The van der Waals surface area contributed by atoms with E-state index in [0.29, 0.717) is 49.9 Å². The Balaban J connectivity index is 0.914. The van der Waals surface area contributed by atoms with Gasteiger partial charge in [-0.3, -0.25) is 38.6 Å². The quantitative estimate of drug-likeness (QED) is 0.212. The normalized spacial score (nSPS) is 47.5. The van der Waals surface area contributed by atoms with Crippen LogP contribution in [0, 0.1) is 104 Å². The van der Waals surface area contributed by atoms with Crippen LogP contribution < -0.4 is 9.80 Å². The molecule has 2 N–H and O–H groups in total. The third-order valence-electron chi connectivity index (χ3n) is 21.7. The van der Waals surface area contributed by atoms with E-state index >= 15 is 9.59 Å². The summed E-state index contributed by atoms with van der Waals surface area (Å²) in [5, 5.41) is 21.1. The highest BCUT2D eigenvalue weighted by atomic mass is 16.4. The van der Waals surface area contributed by atoms with Gasteiger partial charge in [-0.05, 0) is 160 Å². The van der Waals surface area contributed by atoms with Gasteiger partial charge in [0.15, 0.2) is 0 Å². The predicted octanol–water partition coefficient (Wildman–Crippen LogP) is 9.72. The van der Waals surface area contributed by atoms with Gasteiger partial charge in [0.2, 0.25) is 23.6 Å². The first-order valence-electron chi connectivity index (χ1n) is 24.9. The standard InChI is InChI=1S/C54H68N2O8/c1-27(2)33-25-53-21-15-35-49(5,17-9-19-51(35,7)47(61)62)37(53)23-31(33)39-41(53)45(59)55(43(39)57)29-11-13-30(14-12-29)56-44(58)40-32-24-38-50(6)18-10-20-52(8,48(63)64)36(50)16-22-54(38,42(40)46(56)60)26-34(32)28(3)4/h11-14,25-28,31-32,35-42H,9-10,15-24H2,1-8H3,(H,61,62)(H,63,64). The Morgan fingerprint density at radius 3 is 1.23 bits per heavy atom. The fourth-order valence-electron chi connectivity index (χ4n) is 19.2. The van der Waals surface area contributed by atoms with E-state index in [9.17, 15) is 29.4 Å². The van der Waals surface area contributed by atoms with Crippen LogP contribution in [0.5, 0.6) is 0 Å². The number of nitrogens with zero attached hydrogens (tertiary/aromatic N) is 2. The van der Waals surface area contributed by atoms with E-state index in [-0.39, 0.29) is 81.8 Å². The first kappa shape index (κ1) is 42.5. The molecule has 6 saturated carbocycles. The maximum absolute atomic E-state index is 15.1. The molecule has 12 aliphatic rings. The van der Waals surface area contributed by atoms with E-state index in [1.54, 1.807) is 24.3 Å². The summed E-state index contributed by atoms with van der Waals surface area (Å²) in [5.74, 6) is -3.77. The fourth-order valence-corrected chi connectivity index (χ4v) is 19.2. The van der Waals surface area contributed by atoms with Crippen molar-refractivity contribution in [1.29, 1.82) is 0 Å². The second kappa shape index (κ2) is 13.3. The van der Waals surface area contributed by atoms with Gasteiger partial charge >= 0.3 is 11.9 Å². The summed E-state index contributed by atoms with van der Waals surface area (Å²) in [6.45, 7) is 17.2. The van der Waals surface area contributed by atoms with Crippen molar-refractivity contribution >= 4 is 46.9 Å². The summed E-state index contributed by atoms with van der Waals surface area (Å²) < 4.78 is 0. The smallest absolute Gasteiger partial charge is 0.309 e. The van der Waals surface area contributed by atoms with Crippen LogP contribution in [0.2, 0.25) is 0 Å². The van der Waals surface area contributed by atoms with Crippen molar-refractivity contribution in [2.24, 2.45) is 104 Å². The van der Waals surface area contributed by atoms with Gasteiger partial charge in [-0.25, -0.2) is 0 Å². The molecule has 64 heavy (non-hydrogen) atoms. The van der Waals surface area contributed by atoms with Gasteiger partial charge in [-0.2, -0.15) is 0 Å². The third kappa shape index (κ3) is 4.89. The Morgan fingerprint density at radius 2 is 0.906 bits per heavy atom. The molecular weight excluding hydrogens is 805 g/mol. The molecule has 16 unspecified atom stereocenters. The largest absolute Gasteiger partial charge is 0.481 e. The number of carbonyl (C=O) groups excluding carboxylic acids is 4. The molecule has 2 heterocycles. The molecule has 16 atom stereocenters. The summed E-state index contributed by atoms with van der Waals surface area (Å²) in [6.07, 6.45) is 14.0. The number of hydrogen-bond acceptors (Lipinski definition) is 6. The van der Waals surface area contributed by atoms with Crippen LogP contribution in [0.1, 0.15) is 132 Å². The van der Waals surface area contributed by atoms with E-state index in [1.807, 2.05) is 13.8 Å². The Hall–Kier alpha value is -4.08. The molecule has 2 saturated heterocycles. The number of carboxylic acid groups (broad SMARTS) is 2. The lowest BCUT2D eigenvalue weighted by molar-refractivity contribution is -0.194. The monoisotopic (exact) mass is 872 g/mol. The lowest BCUT2D eigenvalue weighted by Crippen LogP contribution is -2.65. The van der Waals surface area contributed by atoms with Crippen LogP contribution in [0.3, 0.4) is 0 Å². The number of hydrogen-bond donors (Lipinski definition) is 2. The van der Waals surface area contributed by atoms with E-state index in [1.165, 1.54) is 20.9 Å². The summed E-state index contributed by atoms with van der Waals surface area (Å²) in [4.78, 5) is 88.5. The number of imide groups is 2. The van der Waals surface area contributed by atoms with Crippen molar-refractivity contribution in [3.63, 3.8) is 0 Å². The summed E-state index contributed by atoms with van der Waals surface area (Å²) >= 11 is 0. The summed E-state index contributed by atoms with van der Waals surface area (Å²) in [7, 11) is 0. The van der Waals surface area contributed by atoms with Gasteiger partial charge in [-0.1, -0.05) is 77.7 Å². The topological polar surface area (TPSA) is 149 Å². The highest BCUT2D eigenvalue weighted by molar-refractivity contribution is 6.24. The number of fused-ring (bicyclic) bond motifs is 2. The number of allylic oxidation sites excluding steroid dienone is 4. The summed E-state index contributed by atoms with van der Waals surface area (Å²) in [6, 6.07) is 6.96. The lowest BCUT2D eigenvalue weighted by atomic mass is 9.34. The molecular formula is C54H68N2O8. The molecule has 1 aromatic carbocycles. The maximum Gasteiger partial charge on any atom is 0.309 e. The molecule has 8 fully saturated rings. The van der Waals surface area contributed by atoms with E-state index < -0.39 is 57.3 Å². The molecule has 10 nitrogen and oxygen atoms in total. The van der Waals surface area contributed by atoms with Crippen LogP contribution in [0.25, 0.3) is 0 Å². The highest BCUT2D eigenvalue weighted by Crippen LogP contribution is 2.76. The zero-order valence-electron chi connectivity index (χ0n) is 39.1. The molecule has 10 heteroatoms. The Bertz CT molecular complexity index is 2220. The molecule has 342 valence electrons. The molecule has 4 amide bonds. The van der Waals surface area contributed by atoms with Crippen LogP contribution in [0.15, 0.2) is 47.6 Å². The number of rotatable bonds is 6. The van der Waals surface area contributed by atoms with Crippen LogP contribution in [0.4, 0.5) is 11.4 Å². The van der Waals surface area contributed by atoms with E-state index in [4.69, 9.17) is 0 Å². The van der Waals surface area contributed by atoms with Gasteiger partial charge in [0.1, 0.15) is 0 Å². The molecule has 13 rings (SSSR count). The van der Waals surface area contributed by atoms with Gasteiger partial charge < -0.3 is 10.2 Å². The van der Waals surface area contributed by atoms with Gasteiger partial charge in [0.05, 0.1) is 45.9 Å². The van der Waals surface area contributed by atoms with Crippen molar-refractivity contribution in [2.75, 3.05) is 9.80 Å². The molecule has 1 aromatic rings. The van der Waals surface area contributed by atoms with Crippen LogP contribution in [-0.4, -0.2) is 45.8 Å².